The molecule has 1 aliphatic rings. The highest BCUT2D eigenvalue weighted by Gasteiger charge is 2.28. The van der Waals surface area contributed by atoms with Gasteiger partial charge in [-0.15, -0.1) is 0 Å². The third kappa shape index (κ3) is 3.70. The predicted molar refractivity (Wildman–Crippen MR) is 104 cm³/mol. The van der Waals surface area contributed by atoms with Crippen molar-refractivity contribution < 1.29 is 9.53 Å². The lowest BCUT2D eigenvalue weighted by atomic mass is 9.99. The van der Waals surface area contributed by atoms with Crippen molar-refractivity contribution in [2.24, 2.45) is 0 Å². The van der Waals surface area contributed by atoms with Gasteiger partial charge in [0.15, 0.2) is 5.82 Å². The van der Waals surface area contributed by atoms with Gasteiger partial charge in [-0.05, 0) is 18.4 Å². The van der Waals surface area contributed by atoms with E-state index in [1.54, 1.807) is 19.3 Å². The van der Waals surface area contributed by atoms with Crippen molar-refractivity contribution in [3.63, 3.8) is 0 Å². The summed E-state index contributed by atoms with van der Waals surface area (Å²) in [6.45, 7) is 0.725. The highest BCUT2D eigenvalue weighted by Crippen LogP contribution is 2.27. The molecular formula is C19H22N6O2. The van der Waals surface area contributed by atoms with Crippen molar-refractivity contribution >= 4 is 28.6 Å². The SMILES string of the molecule is CNc1n[nH]c2cc(NC(=O)N[C@@H](c3ccccc3)[C@H]3CCCO3)ncc12. The second-order valence-electron chi connectivity index (χ2n) is 6.48. The zero-order valence-electron chi connectivity index (χ0n) is 15.0. The van der Waals surface area contributed by atoms with E-state index < -0.39 is 0 Å². The lowest BCUT2D eigenvalue weighted by Crippen LogP contribution is -2.38. The second kappa shape index (κ2) is 7.63. The van der Waals surface area contributed by atoms with Gasteiger partial charge in [0.1, 0.15) is 5.82 Å². The zero-order chi connectivity index (χ0) is 18.6. The minimum Gasteiger partial charge on any atom is -0.376 e. The molecule has 27 heavy (non-hydrogen) atoms. The summed E-state index contributed by atoms with van der Waals surface area (Å²) in [7, 11) is 1.80. The van der Waals surface area contributed by atoms with E-state index in [0.29, 0.717) is 5.82 Å². The third-order valence-electron chi connectivity index (χ3n) is 4.71. The topological polar surface area (TPSA) is 104 Å². The van der Waals surface area contributed by atoms with Crippen molar-refractivity contribution in [1.29, 1.82) is 0 Å². The molecule has 4 rings (SSSR count). The summed E-state index contributed by atoms with van der Waals surface area (Å²) in [6, 6.07) is 11.1. The minimum atomic E-state index is -0.320. The van der Waals surface area contributed by atoms with Crippen molar-refractivity contribution in [2.45, 2.75) is 25.0 Å². The number of aromatic nitrogens is 3. The summed E-state index contributed by atoms with van der Waals surface area (Å²) >= 11 is 0. The van der Waals surface area contributed by atoms with Crippen LogP contribution in [-0.4, -0.2) is 41.0 Å². The van der Waals surface area contributed by atoms with Crippen LogP contribution in [0, 0.1) is 0 Å². The Kier molecular flexibility index (Phi) is 4.88. The first-order chi connectivity index (χ1) is 13.2. The molecular weight excluding hydrogens is 344 g/mol. The zero-order valence-corrected chi connectivity index (χ0v) is 15.0. The quantitative estimate of drug-likeness (QED) is 0.556. The average Bonchev–Trinajstić information content (AvgIpc) is 3.36. The Morgan fingerprint density at radius 1 is 1.33 bits per heavy atom. The number of rotatable bonds is 5. The number of pyridine rings is 1. The van der Waals surface area contributed by atoms with Crippen LogP contribution in [0.1, 0.15) is 24.4 Å². The average molecular weight is 366 g/mol. The number of fused-ring (bicyclic) bond motifs is 1. The molecule has 0 unspecified atom stereocenters. The maximum Gasteiger partial charge on any atom is 0.320 e. The number of benzene rings is 1. The number of anilines is 2. The van der Waals surface area contributed by atoms with E-state index in [9.17, 15) is 4.79 Å². The number of H-pyrrole nitrogens is 1. The van der Waals surface area contributed by atoms with E-state index in [1.807, 2.05) is 30.3 Å². The summed E-state index contributed by atoms with van der Waals surface area (Å²) in [5.41, 5.74) is 1.82. The summed E-state index contributed by atoms with van der Waals surface area (Å²) in [5.74, 6) is 1.17. The highest BCUT2D eigenvalue weighted by atomic mass is 16.5. The standard InChI is InChI=1S/C19H22N6O2/c1-20-18-13-11-21-16(10-14(13)24-25-18)22-19(26)23-17(15-8-5-9-27-15)12-6-3-2-4-7-12/h2-4,6-7,10-11,15,17H,5,8-9H2,1H3,(H2,20,24,25)(H2,21,22,23,26)/t15-,17+/m1/s1. The van der Waals surface area contributed by atoms with Crippen molar-refractivity contribution in [3.05, 3.63) is 48.2 Å². The maximum absolute atomic E-state index is 12.6. The fourth-order valence-electron chi connectivity index (χ4n) is 3.38. The highest BCUT2D eigenvalue weighted by molar-refractivity contribution is 5.94. The summed E-state index contributed by atoms with van der Waals surface area (Å²) in [5, 5.41) is 16.8. The molecule has 1 fully saturated rings. The second-order valence-corrected chi connectivity index (χ2v) is 6.48. The molecule has 0 aliphatic carbocycles. The Labute approximate surface area is 156 Å². The van der Waals surface area contributed by atoms with Crippen LogP contribution in [-0.2, 0) is 4.74 Å². The normalized spacial score (nSPS) is 17.6. The molecule has 3 aromatic rings. The van der Waals surface area contributed by atoms with Gasteiger partial charge in [0.05, 0.1) is 23.0 Å². The summed E-state index contributed by atoms with van der Waals surface area (Å²) < 4.78 is 5.82. The van der Waals surface area contributed by atoms with Crippen molar-refractivity contribution in [2.75, 3.05) is 24.3 Å². The molecule has 2 atom stereocenters. The number of amides is 2. The molecule has 4 N–H and O–H groups in total. The van der Waals surface area contributed by atoms with Crippen LogP contribution in [0.5, 0.6) is 0 Å². The van der Waals surface area contributed by atoms with Crippen LogP contribution in [0.3, 0.4) is 0 Å². The van der Waals surface area contributed by atoms with Crippen LogP contribution in [0.15, 0.2) is 42.6 Å². The number of ether oxygens (including phenoxy) is 1. The maximum atomic E-state index is 12.6. The molecule has 1 saturated heterocycles. The molecule has 1 aliphatic heterocycles. The Bertz CT molecular complexity index is 920. The predicted octanol–water partition coefficient (Wildman–Crippen LogP) is 3.04. The van der Waals surface area contributed by atoms with Gasteiger partial charge < -0.3 is 15.4 Å². The van der Waals surface area contributed by atoms with E-state index in [-0.39, 0.29) is 18.2 Å². The molecule has 1 aromatic carbocycles. The molecule has 3 heterocycles. The van der Waals surface area contributed by atoms with Crippen molar-refractivity contribution in [3.8, 4) is 0 Å². The molecule has 8 nitrogen and oxygen atoms in total. The first kappa shape index (κ1) is 17.3. The van der Waals surface area contributed by atoms with E-state index in [0.717, 1.165) is 41.7 Å². The smallest absolute Gasteiger partial charge is 0.320 e. The molecule has 140 valence electrons. The van der Waals surface area contributed by atoms with E-state index in [1.165, 1.54) is 0 Å². The number of hydrogen-bond donors (Lipinski definition) is 4. The van der Waals surface area contributed by atoms with Crippen LogP contribution < -0.4 is 16.0 Å². The van der Waals surface area contributed by atoms with E-state index >= 15 is 0 Å². The molecule has 2 aromatic heterocycles. The molecule has 2 amide bonds. The number of carbonyl (C=O) groups excluding carboxylic acids is 1. The van der Waals surface area contributed by atoms with Gasteiger partial charge in [0.2, 0.25) is 0 Å². The molecule has 0 spiro atoms. The van der Waals surface area contributed by atoms with Crippen LogP contribution >= 0.6 is 0 Å². The van der Waals surface area contributed by atoms with Gasteiger partial charge in [-0.1, -0.05) is 30.3 Å². The Balaban J connectivity index is 1.49. The minimum absolute atomic E-state index is 0.0283. The first-order valence-corrected chi connectivity index (χ1v) is 9.00. The number of carbonyl (C=O) groups is 1. The largest absolute Gasteiger partial charge is 0.376 e. The van der Waals surface area contributed by atoms with Gasteiger partial charge in [-0.2, -0.15) is 5.10 Å². The first-order valence-electron chi connectivity index (χ1n) is 9.00. The third-order valence-corrected chi connectivity index (χ3v) is 4.71. The number of urea groups is 1. The lowest BCUT2D eigenvalue weighted by molar-refractivity contribution is 0.0815. The number of nitrogens with zero attached hydrogens (tertiary/aromatic N) is 2. The number of aromatic amines is 1. The van der Waals surface area contributed by atoms with Gasteiger partial charge >= 0.3 is 6.03 Å². The van der Waals surface area contributed by atoms with Gasteiger partial charge in [-0.25, -0.2) is 9.78 Å². The monoisotopic (exact) mass is 366 g/mol. The Morgan fingerprint density at radius 3 is 2.93 bits per heavy atom. The fraction of sp³-hybridized carbons (Fsp3) is 0.316. The summed E-state index contributed by atoms with van der Waals surface area (Å²) in [6.07, 6.45) is 3.57. The van der Waals surface area contributed by atoms with Crippen LogP contribution in [0.4, 0.5) is 16.4 Å². The van der Waals surface area contributed by atoms with Crippen molar-refractivity contribution in [1.82, 2.24) is 20.5 Å². The fourth-order valence-corrected chi connectivity index (χ4v) is 3.38. The summed E-state index contributed by atoms with van der Waals surface area (Å²) in [4.78, 5) is 16.9. The van der Waals surface area contributed by atoms with Gasteiger partial charge in [0, 0.05) is 25.9 Å². The van der Waals surface area contributed by atoms with E-state index in [4.69, 9.17) is 4.74 Å². The Morgan fingerprint density at radius 2 is 2.19 bits per heavy atom. The molecule has 0 saturated carbocycles. The molecule has 0 bridgehead atoms. The van der Waals surface area contributed by atoms with Gasteiger partial charge in [-0.3, -0.25) is 10.4 Å². The molecule has 8 heteroatoms. The number of nitrogens with one attached hydrogen (secondary N) is 4. The number of hydrogen-bond acceptors (Lipinski definition) is 5. The van der Waals surface area contributed by atoms with Crippen LogP contribution in [0.25, 0.3) is 10.9 Å². The lowest BCUT2D eigenvalue weighted by Gasteiger charge is -2.24. The van der Waals surface area contributed by atoms with E-state index in [2.05, 4.69) is 31.1 Å². The Hall–Kier alpha value is -3.13. The van der Waals surface area contributed by atoms with Crippen LogP contribution in [0.2, 0.25) is 0 Å². The molecule has 0 radical (unpaired) electrons. The van der Waals surface area contributed by atoms with Gasteiger partial charge in [0.25, 0.3) is 0 Å².